The molecule has 0 saturated carbocycles. The van der Waals surface area contributed by atoms with E-state index >= 15 is 0 Å². The number of fused-ring (bicyclic) bond motifs is 1. The maximum Gasteiger partial charge on any atom is 0.303 e. The van der Waals surface area contributed by atoms with Gasteiger partial charge in [-0.15, -0.1) is 0 Å². The third kappa shape index (κ3) is 6.72. The van der Waals surface area contributed by atoms with Gasteiger partial charge in [-0.25, -0.2) is 0 Å². The van der Waals surface area contributed by atoms with Crippen LogP contribution in [0.1, 0.15) is 51.4 Å². The van der Waals surface area contributed by atoms with Crippen molar-refractivity contribution in [2.75, 3.05) is 6.61 Å². The molecule has 0 amide bonds. The standard InChI is InChI=1S/C20H26O3/c21-20(22)12-6-4-2-1-3-5-9-15-23-19-14-13-17-10-7-8-11-18(17)16-19/h7-8,10-11,13-14,16H,1-6,9,12,15H2,(H,21,22). The molecule has 3 nitrogen and oxygen atoms in total. The zero-order valence-corrected chi connectivity index (χ0v) is 13.7. The first-order chi connectivity index (χ1) is 11.3. The van der Waals surface area contributed by atoms with Gasteiger partial charge in [0.05, 0.1) is 6.61 Å². The minimum Gasteiger partial charge on any atom is -0.494 e. The lowest BCUT2D eigenvalue weighted by atomic mass is 10.1. The molecule has 0 heterocycles. The molecule has 0 aliphatic carbocycles. The van der Waals surface area contributed by atoms with Crippen molar-refractivity contribution >= 4 is 16.7 Å². The van der Waals surface area contributed by atoms with Crippen LogP contribution in [-0.2, 0) is 4.79 Å². The second-order valence-electron chi connectivity index (χ2n) is 5.98. The highest BCUT2D eigenvalue weighted by atomic mass is 16.5. The summed E-state index contributed by atoms with van der Waals surface area (Å²) in [5.74, 6) is 0.258. The first-order valence-electron chi connectivity index (χ1n) is 8.59. The summed E-state index contributed by atoms with van der Waals surface area (Å²) in [4.78, 5) is 10.4. The molecule has 0 fully saturated rings. The Morgan fingerprint density at radius 1 is 0.826 bits per heavy atom. The molecular weight excluding hydrogens is 288 g/mol. The van der Waals surface area contributed by atoms with Gasteiger partial charge in [-0.3, -0.25) is 4.79 Å². The monoisotopic (exact) mass is 314 g/mol. The minimum absolute atomic E-state index is 0.305. The van der Waals surface area contributed by atoms with E-state index in [1.807, 2.05) is 18.2 Å². The largest absolute Gasteiger partial charge is 0.494 e. The molecule has 124 valence electrons. The van der Waals surface area contributed by atoms with Gasteiger partial charge in [-0.2, -0.15) is 0 Å². The number of aliphatic carboxylic acids is 1. The summed E-state index contributed by atoms with van der Waals surface area (Å²) in [7, 11) is 0. The molecule has 2 rings (SSSR count). The molecule has 0 aromatic heterocycles. The summed E-state index contributed by atoms with van der Waals surface area (Å²) < 4.78 is 5.82. The summed E-state index contributed by atoms with van der Waals surface area (Å²) in [5.41, 5.74) is 0. The van der Waals surface area contributed by atoms with E-state index in [0.717, 1.165) is 38.0 Å². The summed E-state index contributed by atoms with van der Waals surface area (Å²) in [6, 6.07) is 14.5. The van der Waals surface area contributed by atoms with Gasteiger partial charge in [0.1, 0.15) is 5.75 Å². The van der Waals surface area contributed by atoms with Crippen LogP contribution in [0, 0.1) is 0 Å². The number of unbranched alkanes of at least 4 members (excludes halogenated alkanes) is 6. The predicted octanol–water partition coefficient (Wildman–Crippen LogP) is 5.42. The lowest BCUT2D eigenvalue weighted by Gasteiger charge is -2.07. The van der Waals surface area contributed by atoms with Crippen molar-refractivity contribution in [2.45, 2.75) is 51.4 Å². The number of carboxylic acids is 1. The number of carboxylic acid groups (broad SMARTS) is 1. The first kappa shape index (κ1) is 17.3. The molecule has 0 aliphatic heterocycles. The average Bonchev–Trinajstić information content (AvgIpc) is 2.56. The van der Waals surface area contributed by atoms with Gasteiger partial charge in [-0.1, -0.05) is 62.4 Å². The summed E-state index contributed by atoms with van der Waals surface area (Å²) in [6.45, 7) is 0.761. The second-order valence-corrected chi connectivity index (χ2v) is 5.98. The van der Waals surface area contributed by atoms with Crippen LogP contribution in [0.4, 0.5) is 0 Å². The molecule has 0 aliphatic rings. The van der Waals surface area contributed by atoms with Crippen molar-refractivity contribution in [2.24, 2.45) is 0 Å². The molecule has 2 aromatic carbocycles. The van der Waals surface area contributed by atoms with Crippen LogP contribution in [0.2, 0.25) is 0 Å². The van der Waals surface area contributed by atoms with E-state index in [0.29, 0.717) is 6.42 Å². The van der Waals surface area contributed by atoms with Gasteiger partial charge >= 0.3 is 5.97 Å². The first-order valence-corrected chi connectivity index (χ1v) is 8.59. The summed E-state index contributed by atoms with van der Waals surface area (Å²) >= 11 is 0. The highest BCUT2D eigenvalue weighted by Crippen LogP contribution is 2.20. The average molecular weight is 314 g/mol. The van der Waals surface area contributed by atoms with Crippen LogP contribution in [0.15, 0.2) is 42.5 Å². The van der Waals surface area contributed by atoms with Crippen LogP contribution < -0.4 is 4.74 Å². The van der Waals surface area contributed by atoms with Crippen molar-refractivity contribution < 1.29 is 14.6 Å². The summed E-state index contributed by atoms with van der Waals surface area (Å²) in [5, 5.41) is 11.0. The normalized spacial score (nSPS) is 10.8. The fraction of sp³-hybridized carbons (Fsp3) is 0.450. The van der Waals surface area contributed by atoms with Gasteiger partial charge in [-0.05, 0) is 35.7 Å². The van der Waals surface area contributed by atoms with Crippen molar-refractivity contribution in [3.8, 4) is 5.75 Å². The van der Waals surface area contributed by atoms with Gasteiger partial charge in [0.25, 0.3) is 0 Å². The molecule has 0 atom stereocenters. The lowest BCUT2D eigenvalue weighted by Crippen LogP contribution is -1.97. The molecule has 0 unspecified atom stereocenters. The summed E-state index contributed by atoms with van der Waals surface area (Å²) in [6.07, 6.45) is 7.91. The SMILES string of the molecule is O=C(O)CCCCCCCCCOc1ccc2ccccc2c1. The fourth-order valence-corrected chi connectivity index (χ4v) is 2.71. The zero-order valence-electron chi connectivity index (χ0n) is 13.7. The smallest absolute Gasteiger partial charge is 0.303 e. The van der Waals surface area contributed by atoms with E-state index in [-0.39, 0.29) is 0 Å². The Labute approximate surface area is 138 Å². The highest BCUT2D eigenvalue weighted by molar-refractivity contribution is 5.83. The molecule has 0 saturated heterocycles. The maximum absolute atomic E-state index is 10.4. The van der Waals surface area contributed by atoms with E-state index in [1.54, 1.807) is 0 Å². The van der Waals surface area contributed by atoms with E-state index in [9.17, 15) is 4.79 Å². The molecule has 0 spiro atoms. The third-order valence-corrected chi connectivity index (χ3v) is 4.02. The van der Waals surface area contributed by atoms with E-state index in [1.165, 1.54) is 30.0 Å². The number of carbonyl (C=O) groups is 1. The Balaban J connectivity index is 1.52. The van der Waals surface area contributed by atoms with Crippen LogP contribution in [-0.4, -0.2) is 17.7 Å². The third-order valence-electron chi connectivity index (χ3n) is 4.02. The van der Waals surface area contributed by atoms with Gasteiger partial charge in [0, 0.05) is 6.42 Å². The van der Waals surface area contributed by atoms with E-state index in [2.05, 4.69) is 24.3 Å². The van der Waals surface area contributed by atoms with Crippen molar-refractivity contribution in [1.82, 2.24) is 0 Å². The van der Waals surface area contributed by atoms with Gasteiger partial charge < -0.3 is 9.84 Å². The van der Waals surface area contributed by atoms with Crippen LogP contribution in [0.5, 0.6) is 5.75 Å². The Morgan fingerprint density at radius 3 is 2.22 bits per heavy atom. The molecular formula is C20H26O3. The topological polar surface area (TPSA) is 46.5 Å². The van der Waals surface area contributed by atoms with Crippen molar-refractivity contribution in [3.05, 3.63) is 42.5 Å². The van der Waals surface area contributed by atoms with Crippen LogP contribution >= 0.6 is 0 Å². The Bertz CT molecular complexity index is 607. The van der Waals surface area contributed by atoms with Gasteiger partial charge in [0.15, 0.2) is 0 Å². The minimum atomic E-state index is -0.684. The van der Waals surface area contributed by atoms with E-state index in [4.69, 9.17) is 9.84 Å². The molecule has 0 bridgehead atoms. The number of hydrogen-bond acceptors (Lipinski definition) is 2. The molecule has 1 N–H and O–H groups in total. The van der Waals surface area contributed by atoms with Crippen molar-refractivity contribution in [3.63, 3.8) is 0 Å². The van der Waals surface area contributed by atoms with Crippen LogP contribution in [0.25, 0.3) is 10.8 Å². The Hall–Kier alpha value is -2.03. The second kappa shape index (κ2) is 9.88. The predicted molar refractivity (Wildman–Crippen MR) is 94.0 cm³/mol. The number of hydrogen-bond donors (Lipinski definition) is 1. The fourth-order valence-electron chi connectivity index (χ4n) is 2.71. The number of benzene rings is 2. The zero-order chi connectivity index (χ0) is 16.3. The number of rotatable bonds is 11. The Kier molecular flexibility index (Phi) is 7.44. The quantitative estimate of drug-likeness (QED) is 0.563. The lowest BCUT2D eigenvalue weighted by molar-refractivity contribution is -0.137. The molecule has 3 heteroatoms. The Morgan fingerprint density at radius 2 is 1.48 bits per heavy atom. The molecule has 2 aromatic rings. The highest BCUT2D eigenvalue weighted by Gasteiger charge is 1.98. The molecule has 0 radical (unpaired) electrons. The van der Waals surface area contributed by atoms with Gasteiger partial charge in [0.2, 0.25) is 0 Å². The molecule has 23 heavy (non-hydrogen) atoms. The van der Waals surface area contributed by atoms with Crippen LogP contribution in [0.3, 0.4) is 0 Å². The van der Waals surface area contributed by atoms with E-state index < -0.39 is 5.97 Å². The van der Waals surface area contributed by atoms with Crippen molar-refractivity contribution in [1.29, 1.82) is 0 Å². The number of ether oxygens (including phenoxy) is 1. The maximum atomic E-state index is 10.4.